The van der Waals surface area contributed by atoms with E-state index in [1.807, 2.05) is 42.5 Å². The highest BCUT2D eigenvalue weighted by atomic mass is 16.1. The van der Waals surface area contributed by atoms with E-state index in [-0.39, 0.29) is 0 Å². The Hall–Kier alpha value is -2.87. The summed E-state index contributed by atoms with van der Waals surface area (Å²) in [5.41, 5.74) is 11.6. The molecule has 0 saturated carbocycles. The minimum Gasteiger partial charge on any atom is -0.366 e. The van der Waals surface area contributed by atoms with E-state index in [9.17, 15) is 4.79 Å². The third-order valence-electron chi connectivity index (χ3n) is 4.08. The Morgan fingerprint density at radius 1 is 0.826 bits per heavy atom. The van der Waals surface area contributed by atoms with Gasteiger partial charge in [0.2, 0.25) is 5.91 Å². The van der Waals surface area contributed by atoms with Crippen LogP contribution in [0.3, 0.4) is 0 Å². The first kappa shape index (κ1) is 15.0. The zero-order chi connectivity index (χ0) is 16.2. The van der Waals surface area contributed by atoms with Crippen molar-refractivity contribution in [1.29, 1.82) is 0 Å². The maximum Gasteiger partial charge on any atom is 0.249 e. The third kappa shape index (κ3) is 2.88. The molecular formula is C21H19NO. The average molecular weight is 301 g/mol. The number of hydrogen-bond acceptors (Lipinski definition) is 1. The van der Waals surface area contributed by atoms with Crippen LogP contribution >= 0.6 is 0 Å². The maximum atomic E-state index is 11.8. The van der Waals surface area contributed by atoms with Gasteiger partial charge in [-0.3, -0.25) is 4.79 Å². The molecule has 0 bridgehead atoms. The van der Waals surface area contributed by atoms with Crippen molar-refractivity contribution in [3.05, 3.63) is 83.9 Å². The van der Waals surface area contributed by atoms with Crippen molar-refractivity contribution >= 4 is 5.91 Å². The number of rotatable bonds is 4. The predicted molar refractivity (Wildman–Crippen MR) is 95.2 cm³/mol. The van der Waals surface area contributed by atoms with E-state index in [1.165, 1.54) is 11.1 Å². The van der Waals surface area contributed by atoms with E-state index in [0.717, 1.165) is 23.1 Å². The fraction of sp³-hybridized carbons (Fsp3) is 0.0952. The zero-order valence-corrected chi connectivity index (χ0v) is 13.1. The van der Waals surface area contributed by atoms with Gasteiger partial charge in [0.25, 0.3) is 0 Å². The zero-order valence-electron chi connectivity index (χ0n) is 13.1. The lowest BCUT2D eigenvalue weighted by Gasteiger charge is -2.16. The number of carbonyl (C=O) groups is 1. The Balaban J connectivity index is 2.32. The molecule has 0 saturated heterocycles. The normalized spacial score (nSPS) is 10.5. The van der Waals surface area contributed by atoms with E-state index in [1.54, 1.807) is 6.07 Å². The SMILES string of the molecule is CCc1cccc(-c2ccccc2C(N)=O)c1-c1ccccc1. The molecule has 0 aliphatic carbocycles. The number of carbonyl (C=O) groups excluding carboxylic acids is 1. The highest BCUT2D eigenvalue weighted by Crippen LogP contribution is 2.36. The summed E-state index contributed by atoms with van der Waals surface area (Å²) >= 11 is 0. The van der Waals surface area contributed by atoms with E-state index in [4.69, 9.17) is 5.73 Å². The van der Waals surface area contributed by atoms with Crippen LogP contribution in [0.25, 0.3) is 22.3 Å². The van der Waals surface area contributed by atoms with Crippen LogP contribution in [-0.4, -0.2) is 5.91 Å². The topological polar surface area (TPSA) is 43.1 Å². The van der Waals surface area contributed by atoms with Gasteiger partial charge in [0, 0.05) is 5.56 Å². The fourth-order valence-electron chi connectivity index (χ4n) is 3.00. The van der Waals surface area contributed by atoms with Gasteiger partial charge in [-0.25, -0.2) is 0 Å². The molecule has 3 rings (SSSR count). The Kier molecular flexibility index (Phi) is 4.24. The van der Waals surface area contributed by atoms with E-state index in [2.05, 4.69) is 31.2 Å². The standard InChI is InChI=1S/C21H19NO/c1-2-15-11-8-14-18(20(15)16-9-4-3-5-10-16)17-12-6-7-13-19(17)21(22)23/h3-14H,2H2,1H3,(H2,22,23). The third-order valence-corrected chi connectivity index (χ3v) is 4.08. The van der Waals surface area contributed by atoms with E-state index in [0.29, 0.717) is 5.56 Å². The van der Waals surface area contributed by atoms with Crippen molar-refractivity contribution in [3.8, 4) is 22.3 Å². The number of nitrogens with two attached hydrogens (primary N) is 1. The summed E-state index contributed by atoms with van der Waals surface area (Å²) in [5.74, 6) is -0.401. The molecule has 0 spiro atoms. The molecule has 23 heavy (non-hydrogen) atoms. The van der Waals surface area contributed by atoms with Crippen molar-refractivity contribution in [2.75, 3.05) is 0 Å². The van der Waals surface area contributed by atoms with Crippen LogP contribution in [0.15, 0.2) is 72.8 Å². The molecule has 2 nitrogen and oxygen atoms in total. The van der Waals surface area contributed by atoms with Crippen molar-refractivity contribution in [3.63, 3.8) is 0 Å². The lowest BCUT2D eigenvalue weighted by Crippen LogP contribution is -2.12. The second kappa shape index (κ2) is 6.49. The molecule has 0 heterocycles. The van der Waals surface area contributed by atoms with Gasteiger partial charge >= 0.3 is 0 Å². The molecule has 0 unspecified atom stereocenters. The molecule has 0 fully saturated rings. The molecule has 0 radical (unpaired) electrons. The van der Waals surface area contributed by atoms with Gasteiger partial charge in [0.1, 0.15) is 0 Å². The Bertz CT molecular complexity index is 837. The minimum absolute atomic E-state index is 0.401. The minimum atomic E-state index is -0.401. The second-order valence-corrected chi connectivity index (χ2v) is 5.47. The van der Waals surface area contributed by atoms with Gasteiger partial charge in [0.15, 0.2) is 0 Å². The average Bonchev–Trinajstić information content (AvgIpc) is 2.61. The Morgan fingerprint density at radius 2 is 1.48 bits per heavy atom. The van der Waals surface area contributed by atoms with Gasteiger partial charge in [0.05, 0.1) is 0 Å². The summed E-state index contributed by atoms with van der Waals surface area (Å²) in [4.78, 5) is 11.8. The lowest BCUT2D eigenvalue weighted by molar-refractivity contribution is 0.100. The number of hydrogen-bond donors (Lipinski definition) is 1. The van der Waals surface area contributed by atoms with E-state index >= 15 is 0 Å². The van der Waals surface area contributed by atoms with E-state index < -0.39 is 5.91 Å². The van der Waals surface area contributed by atoms with Gasteiger partial charge in [-0.15, -0.1) is 0 Å². The van der Waals surface area contributed by atoms with Crippen molar-refractivity contribution in [2.45, 2.75) is 13.3 Å². The lowest BCUT2D eigenvalue weighted by atomic mass is 9.87. The van der Waals surface area contributed by atoms with Crippen LogP contribution in [0.2, 0.25) is 0 Å². The summed E-state index contributed by atoms with van der Waals surface area (Å²) in [6, 6.07) is 24.0. The summed E-state index contributed by atoms with van der Waals surface area (Å²) in [6.07, 6.45) is 0.927. The number of amides is 1. The number of benzene rings is 3. The van der Waals surface area contributed by atoms with Crippen LogP contribution in [0.4, 0.5) is 0 Å². The summed E-state index contributed by atoms with van der Waals surface area (Å²) < 4.78 is 0. The molecule has 3 aromatic carbocycles. The smallest absolute Gasteiger partial charge is 0.249 e. The number of primary amides is 1. The molecule has 3 aromatic rings. The van der Waals surface area contributed by atoms with Crippen LogP contribution in [0.5, 0.6) is 0 Å². The Labute approximate surface area is 136 Å². The molecule has 114 valence electrons. The van der Waals surface area contributed by atoms with Gasteiger partial charge in [-0.05, 0) is 40.3 Å². The first-order valence-corrected chi connectivity index (χ1v) is 7.79. The van der Waals surface area contributed by atoms with Gasteiger partial charge in [-0.1, -0.05) is 73.7 Å². The van der Waals surface area contributed by atoms with Crippen LogP contribution in [-0.2, 0) is 6.42 Å². The Morgan fingerprint density at radius 3 is 2.17 bits per heavy atom. The maximum absolute atomic E-state index is 11.8. The second-order valence-electron chi connectivity index (χ2n) is 5.47. The fourth-order valence-corrected chi connectivity index (χ4v) is 3.00. The number of aryl methyl sites for hydroxylation is 1. The molecule has 0 aliphatic heterocycles. The van der Waals surface area contributed by atoms with Crippen molar-refractivity contribution < 1.29 is 4.79 Å². The molecule has 2 N–H and O–H groups in total. The van der Waals surface area contributed by atoms with Crippen LogP contribution in [0, 0.1) is 0 Å². The summed E-state index contributed by atoms with van der Waals surface area (Å²) in [7, 11) is 0. The van der Waals surface area contributed by atoms with Gasteiger partial charge in [-0.2, -0.15) is 0 Å². The van der Waals surface area contributed by atoms with Crippen LogP contribution in [0.1, 0.15) is 22.8 Å². The van der Waals surface area contributed by atoms with Crippen molar-refractivity contribution in [2.24, 2.45) is 5.73 Å². The van der Waals surface area contributed by atoms with Crippen molar-refractivity contribution in [1.82, 2.24) is 0 Å². The molecular weight excluding hydrogens is 282 g/mol. The highest BCUT2D eigenvalue weighted by molar-refractivity contribution is 6.02. The first-order valence-electron chi connectivity index (χ1n) is 7.79. The molecule has 0 aromatic heterocycles. The highest BCUT2D eigenvalue weighted by Gasteiger charge is 2.15. The largest absolute Gasteiger partial charge is 0.366 e. The van der Waals surface area contributed by atoms with Gasteiger partial charge < -0.3 is 5.73 Å². The monoisotopic (exact) mass is 301 g/mol. The molecule has 1 amide bonds. The molecule has 2 heteroatoms. The summed E-state index contributed by atoms with van der Waals surface area (Å²) in [5, 5.41) is 0. The predicted octanol–water partition coefficient (Wildman–Crippen LogP) is 4.68. The quantitative estimate of drug-likeness (QED) is 0.747. The molecule has 0 atom stereocenters. The summed E-state index contributed by atoms with van der Waals surface area (Å²) in [6.45, 7) is 2.14. The first-order chi connectivity index (χ1) is 11.2. The van der Waals surface area contributed by atoms with Crippen LogP contribution < -0.4 is 5.73 Å². The molecule has 0 aliphatic rings.